The van der Waals surface area contributed by atoms with Crippen LogP contribution in [0.15, 0.2) is 34.8 Å². The van der Waals surface area contributed by atoms with E-state index in [2.05, 4.69) is 15.9 Å². The van der Waals surface area contributed by atoms with Crippen molar-refractivity contribution in [2.45, 2.75) is 6.10 Å². The Morgan fingerprint density at radius 1 is 1.38 bits per heavy atom. The largest absolute Gasteiger partial charge is 0.383 e. The fourth-order valence-corrected chi connectivity index (χ4v) is 3.09. The summed E-state index contributed by atoms with van der Waals surface area (Å²) in [4.78, 5) is 0.683. The molecule has 1 aromatic heterocycles. The first-order valence-corrected chi connectivity index (χ1v) is 6.45. The number of hydrogen-bond donors (Lipinski definition) is 1. The molecule has 0 fully saturated rings. The van der Waals surface area contributed by atoms with Crippen LogP contribution in [0.25, 0.3) is 0 Å². The summed E-state index contributed by atoms with van der Waals surface area (Å²) in [5, 5.41) is 10.0. The molecule has 16 heavy (non-hydrogen) atoms. The Hall–Kier alpha value is -0.420. The van der Waals surface area contributed by atoms with E-state index in [1.165, 1.54) is 23.5 Å². The fraction of sp³-hybridized carbons (Fsp3) is 0.0909. The van der Waals surface area contributed by atoms with E-state index in [1.807, 2.05) is 0 Å². The van der Waals surface area contributed by atoms with Crippen molar-refractivity contribution in [3.63, 3.8) is 0 Å². The molecule has 1 atom stereocenters. The van der Waals surface area contributed by atoms with Crippen LogP contribution in [-0.2, 0) is 0 Å². The molecule has 0 aliphatic rings. The summed E-state index contributed by atoms with van der Waals surface area (Å²) in [5.74, 6) is -0.363. The zero-order valence-electron chi connectivity index (χ0n) is 7.95. The van der Waals surface area contributed by atoms with E-state index in [1.54, 1.807) is 18.2 Å². The van der Waals surface area contributed by atoms with Crippen molar-refractivity contribution in [1.82, 2.24) is 0 Å². The second-order valence-corrected chi connectivity index (χ2v) is 5.77. The highest BCUT2D eigenvalue weighted by Gasteiger charge is 2.15. The van der Waals surface area contributed by atoms with E-state index in [0.29, 0.717) is 14.8 Å². The lowest BCUT2D eigenvalue weighted by molar-refractivity contribution is 0.223. The molecule has 1 N–H and O–H groups in total. The maximum Gasteiger partial charge on any atom is 0.123 e. The Morgan fingerprint density at radius 2 is 2.12 bits per heavy atom. The van der Waals surface area contributed by atoms with Crippen molar-refractivity contribution in [2.75, 3.05) is 0 Å². The second-order valence-electron chi connectivity index (χ2n) is 3.23. The predicted molar refractivity (Wildman–Crippen MR) is 67.5 cm³/mol. The van der Waals surface area contributed by atoms with E-state index in [4.69, 9.17) is 11.6 Å². The van der Waals surface area contributed by atoms with Gasteiger partial charge in [0.15, 0.2) is 0 Å². The smallest absolute Gasteiger partial charge is 0.123 e. The third kappa shape index (κ3) is 2.46. The number of benzene rings is 1. The van der Waals surface area contributed by atoms with Crippen LogP contribution in [0.3, 0.4) is 0 Å². The molecule has 1 nitrogen and oxygen atoms in total. The van der Waals surface area contributed by atoms with Crippen LogP contribution >= 0.6 is 38.9 Å². The highest BCUT2D eigenvalue weighted by Crippen LogP contribution is 2.37. The van der Waals surface area contributed by atoms with Crippen LogP contribution in [0.1, 0.15) is 16.5 Å². The third-order valence-electron chi connectivity index (χ3n) is 2.10. The van der Waals surface area contributed by atoms with Crippen LogP contribution in [0, 0.1) is 5.82 Å². The summed E-state index contributed by atoms with van der Waals surface area (Å²) < 4.78 is 14.3. The number of hydrogen-bond acceptors (Lipinski definition) is 2. The fourth-order valence-electron chi connectivity index (χ4n) is 1.34. The van der Waals surface area contributed by atoms with Gasteiger partial charge in [-0.05, 0) is 39.7 Å². The quantitative estimate of drug-likeness (QED) is 0.870. The summed E-state index contributed by atoms with van der Waals surface area (Å²) in [6, 6.07) is 7.63. The molecule has 2 rings (SSSR count). The molecule has 0 amide bonds. The maximum absolute atomic E-state index is 13.0. The summed E-state index contributed by atoms with van der Waals surface area (Å²) >= 11 is 10.4. The summed E-state index contributed by atoms with van der Waals surface area (Å²) in [6.07, 6.45) is -0.843. The molecule has 1 aromatic carbocycles. The number of aliphatic hydroxyl groups excluding tert-OH is 1. The van der Waals surface area contributed by atoms with Gasteiger partial charge in [0.05, 0.1) is 0 Å². The second kappa shape index (κ2) is 4.84. The molecule has 0 bridgehead atoms. The Labute approximate surface area is 110 Å². The monoisotopic (exact) mass is 320 g/mol. The average molecular weight is 322 g/mol. The average Bonchev–Trinajstić information content (AvgIpc) is 2.58. The van der Waals surface area contributed by atoms with Gasteiger partial charge in [-0.25, -0.2) is 4.39 Å². The van der Waals surface area contributed by atoms with Crippen molar-refractivity contribution < 1.29 is 9.50 Å². The predicted octanol–water partition coefficient (Wildman–Crippen LogP) is 4.38. The minimum absolute atomic E-state index is 0.363. The van der Waals surface area contributed by atoms with Gasteiger partial charge in [0.2, 0.25) is 0 Å². The van der Waals surface area contributed by atoms with E-state index >= 15 is 0 Å². The van der Waals surface area contributed by atoms with Gasteiger partial charge >= 0.3 is 0 Å². The molecule has 84 valence electrons. The Kier molecular flexibility index (Phi) is 3.64. The molecule has 1 unspecified atom stereocenters. The Balaban J connectivity index is 2.35. The molecule has 0 saturated carbocycles. The molecule has 0 radical (unpaired) electrons. The number of rotatable bonds is 2. The van der Waals surface area contributed by atoms with Gasteiger partial charge in [-0.1, -0.05) is 23.7 Å². The molecule has 0 aliphatic heterocycles. The van der Waals surface area contributed by atoms with Gasteiger partial charge < -0.3 is 5.11 Å². The van der Waals surface area contributed by atoms with Gasteiger partial charge in [0.1, 0.15) is 16.3 Å². The first-order valence-electron chi connectivity index (χ1n) is 4.46. The standard InChI is InChI=1S/C11H7BrClFOS/c12-8-5-9(16-11(8)13)10(15)6-2-1-3-7(14)4-6/h1-5,10,15H. The van der Waals surface area contributed by atoms with E-state index in [9.17, 15) is 9.50 Å². The van der Waals surface area contributed by atoms with Crippen LogP contribution in [-0.4, -0.2) is 5.11 Å². The molecular formula is C11H7BrClFOS. The van der Waals surface area contributed by atoms with Crippen LogP contribution < -0.4 is 0 Å². The summed E-state index contributed by atoms with van der Waals surface area (Å²) in [6.45, 7) is 0. The van der Waals surface area contributed by atoms with Gasteiger partial charge in [-0.2, -0.15) is 0 Å². The van der Waals surface area contributed by atoms with E-state index in [0.717, 1.165) is 4.47 Å². The van der Waals surface area contributed by atoms with Crippen molar-refractivity contribution in [3.05, 3.63) is 55.4 Å². The highest BCUT2D eigenvalue weighted by molar-refractivity contribution is 9.10. The zero-order valence-corrected chi connectivity index (χ0v) is 11.1. The SMILES string of the molecule is OC(c1cccc(F)c1)c1cc(Br)c(Cl)s1. The number of thiophene rings is 1. The minimum Gasteiger partial charge on any atom is -0.383 e. The highest BCUT2D eigenvalue weighted by atomic mass is 79.9. The third-order valence-corrected chi connectivity index (χ3v) is 4.63. The zero-order chi connectivity index (χ0) is 11.7. The van der Waals surface area contributed by atoms with Gasteiger partial charge in [0, 0.05) is 9.35 Å². The van der Waals surface area contributed by atoms with Crippen molar-refractivity contribution in [1.29, 1.82) is 0 Å². The van der Waals surface area contributed by atoms with E-state index in [-0.39, 0.29) is 5.82 Å². The minimum atomic E-state index is -0.843. The van der Waals surface area contributed by atoms with Crippen LogP contribution in [0.4, 0.5) is 4.39 Å². The molecule has 0 saturated heterocycles. The van der Waals surface area contributed by atoms with Crippen LogP contribution in [0.2, 0.25) is 4.34 Å². The van der Waals surface area contributed by atoms with Crippen molar-refractivity contribution in [3.8, 4) is 0 Å². The Bertz CT molecular complexity index is 495. The first-order chi connectivity index (χ1) is 7.58. The van der Waals surface area contributed by atoms with E-state index < -0.39 is 6.10 Å². The molecule has 0 spiro atoms. The topological polar surface area (TPSA) is 20.2 Å². The normalized spacial score (nSPS) is 12.8. The molecule has 0 aliphatic carbocycles. The van der Waals surface area contributed by atoms with Crippen LogP contribution in [0.5, 0.6) is 0 Å². The molecule has 5 heteroatoms. The lowest BCUT2D eigenvalue weighted by atomic mass is 10.1. The van der Waals surface area contributed by atoms with Crippen molar-refractivity contribution >= 4 is 38.9 Å². The number of halogens is 3. The number of aliphatic hydroxyl groups is 1. The van der Waals surface area contributed by atoms with Crippen molar-refractivity contribution in [2.24, 2.45) is 0 Å². The molecule has 1 heterocycles. The van der Waals surface area contributed by atoms with Gasteiger partial charge in [0.25, 0.3) is 0 Å². The summed E-state index contributed by atoms with van der Waals surface area (Å²) in [7, 11) is 0. The maximum atomic E-state index is 13.0. The Morgan fingerprint density at radius 3 is 2.69 bits per heavy atom. The lowest BCUT2D eigenvalue weighted by Gasteiger charge is -2.08. The molecular weight excluding hydrogens is 315 g/mol. The lowest BCUT2D eigenvalue weighted by Crippen LogP contribution is -1.97. The molecule has 2 aromatic rings. The van der Waals surface area contributed by atoms with Gasteiger partial charge in [-0.15, -0.1) is 11.3 Å². The first kappa shape index (κ1) is 12.0. The van der Waals surface area contributed by atoms with Gasteiger partial charge in [-0.3, -0.25) is 0 Å². The summed E-state index contributed by atoms with van der Waals surface area (Å²) in [5.41, 5.74) is 0.519.